The highest BCUT2D eigenvalue weighted by molar-refractivity contribution is 7.17. The lowest BCUT2D eigenvalue weighted by Crippen LogP contribution is -2.22. The van der Waals surface area contributed by atoms with Crippen LogP contribution >= 0.6 is 11.3 Å². The molecule has 172 valence electrons. The molecule has 1 N–H and O–H groups in total. The second kappa shape index (κ2) is 10.4. The Kier molecular flexibility index (Phi) is 6.68. The highest BCUT2D eigenvalue weighted by Crippen LogP contribution is 2.28. The van der Waals surface area contributed by atoms with Gasteiger partial charge in [-0.1, -0.05) is 84.9 Å². The predicted molar refractivity (Wildman–Crippen MR) is 142 cm³/mol. The minimum Gasteiger partial charge on any atom is -0.457 e. The average molecular weight is 477 g/mol. The fourth-order valence-corrected chi connectivity index (χ4v) is 4.72. The van der Waals surface area contributed by atoms with E-state index in [0.717, 1.165) is 44.5 Å². The van der Waals surface area contributed by atoms with Crippen molar-refractivity contribution in [2.45, 2.75) is 13.5 Å². The molecular weight excluding hydrogens is 452 g/mol. The number of nitrogens with one attached hydrogen (secondary N) is 1. The second-order valence-corrected chi connectivity index (χ2v) is 9.12. The minimum absolute atomic E-state index is 0.0970. The maximum Gasteiger partial charge on any atom is 0.263 e. The first-order chi connectivity index (χ1) is 17.2. The summed E-state index contributed by atoms with van der Waals surface area (Å²) in [6, 6.07) is 35.9. The van der Waals surface area contributed by atoms with Gasteiger partial charge in [0.05, 0.1) is 5.69 Å². The number of thiazole rings is 1. The van der Waals surface area contributed by atoms with Crippen molar-refractivity contribution in [3.63, 3.8) is 0 Å². The van der Waals surface area contributed by atoms with E-state index in [9.17, 15) is 4.79 Å². The highest BCUT2D eigenvalue weighted by Gasteiger charge is 2.16. The third-order valence-electron chi connectivity index (χ3n) is 5.60. The molecule has 1 aromatic heterocycles. The molecule has 0 aliphatic carbocycles. The fraction of sp³-hybridized carbons (Fsp3) is 0.0667. The molecule has 4 nitrogen and oxygen atoms in total. The van der Waals surface area contributed by atoms with E-state index in [1.54, 1.807) is 0 Å². The van der Waals surface area contributed by atoms with Crippen molar-refractivity contribution in [1.82, 2.24) is 10.3 Å². The smallest absolute Gasteiger partial charge is 0.263 e. The molecule has 0 bridgehead atoms. The van der Waals surface area contributed by atoms with Gasteiger partial charge in [-0.25, -0.2) is 4.98 Å². The van der Waals surface area contributed by atoms with E-state index >= 15 is 0 Å². The Balaban J connectivity index is 1.20. The summed E-state index contributed by atoms with van der Waals surface area (Å²) in [6.07, 6.45) is 0. The zero-order valence-electron chi connectivity index (χ0n) is 19.3. The summed E-state index contributed by atoms with van der Waals surface area (Å²) >= 11 is 1.42. The maximum atomic E-state index is 12.8. The molecule has 0 saturated carbocycles. The monoisotopic (exact) mass is 476 g/mol. The number of amides is 1. The number of carbonyl (C=O) groups is 1. The fourth-order valence-electron chi connectivity index (χ4n) is 3.73. The van der Waals surface area contributed by atoms with E-state index in [1.807, 2.05) is 104 Å². The topological polar surface area (TPSA) is 51.2 Å². The van der Waals surface area contributed by atoms with Crippen molar-refractivity contribution in [1.29, 1.82) is 0 Å². The van der Waals surface area contributed by atoms with Crippen LogP contribution in [-0.2, 0) is 6.54 Å². The molecule has 0 spiro atoms. The van der Waals surface area contributed by atoms with Gasteiger partial charge in [0, 0.05) is 12.1 Å². The van der Waals surface area contributed by atoms with Crippen LogP contribution in [0.15, 0.2) is 109 Å². The predicted octanol–water partition coefficient (Wildman–Crippen LogP) is 7.51. The van der Waals surface area contributed by atoms with Crippen LogP contribution in [0.2, 0.25) is 0 Å². The lowest BCUT2D eigenvalue weighted by atomic mass is 10.0. The Labute approximate surface area is 208 Å². The molecule has 5 heteroatoms. The van der Waals surface area contributed by atoms with E-state index in [-0.39, 0.29) is 5.91 Å². The number of carbonyl (C=O) groups excluding carboxylic acids is 1. The molecular formula is C30H24N2O2S. The Bertz CT molecular complexity index is 1410. The summed E-state index contributed by atoms with van der Waals surface area (Å²) < 4.78 is 5.87. The van der Waals surface area contributed by atoms with Crippen molar-refractivity contribution < 1.29 is 9.53 Å². The van der Waals surface area contributed by atoms with Gasteiger partial charge >= 0.3 is 0 Å². The molecule has 0 fully saturated rings. The molecule has 0 saturated heterocycles. The van der Waals surface area contributed by atoms with Gasteiger partial charge in [0.15, 0.2) is 0 Å². The summed E-state index contributed by atoms with van der Waals surface area (Å²) in [5.41, 5.74) is 5.03. The summed E-state index contributed by atoms with van der Waals surface area (Å²) in [5.74, 6) is 1.52. The number of hydrogen-bond acceptors (Lipinski definition) is 4. The van der Waals surface area contributed by atoms with Crippen LogP contribution in [0.3, 0.4) is 0 Å². The number of rotatable bonds is 7. The van der Waals surface area contributed by atoms with Crippen LogP contribution in [0.5, 0.6) is 11.5 Å². The Morgan fingerprint density at radius 3 is 1.97 bits per heavy atom. The summed E-state index contributed by atoms with van der Waals surface area (Å²) in [5, 5.41) is 3.88. The normalized spacial score (nSPS) is 10.7. The highest BCUT2D eigenvalue weighted by atomic mass is 32.1. The molecule has 5 rings (SSSR count). The third-order valence-corrected chi connectivity index (χ3v) is 6.80. The quantitative estimate of drug-likeness (QED) is 0.264. The standard InChI is InChI=1S/C30H24N2O2S/c1-21-28(35-30(32-21)25-8-4-2-5-9-25)29(33)31-20-22-12-14-23(15-13-22)24-16-18-27(19-17-24)34-26-10-6-3-7-11-26/h2-19H,20H2,1H3,(H,31,33). The van der Waals surface area contributed by atoms with Gasteiger partial charge in [-0.3, -0.25) is 4.79 Å². The number of hydrogen-bond donors (Lipinski definition) is 1. The summed E-state index contributed by atoms with van der Waals surface area (Å²) in [7, 11) is 0. The lowest BCUT2D eigenvalue weighted by molar-refractivity contribution is 0.0954. The third kappa shape index (κ3) is 5.48. The van der Waals surface area contributed by atoms with E-state index < -0.39 is 0 Å². The van der Waals surface area contributed by atoms with Crippen LogP contribution in [0.25, 0.3) is 21.7 Å². The Hall–Kier alpha value is -4.22. The van der Waals surface area contributed by atoms with Crippen molar-refractivity contribution in [3.8, 4) is 33.2 Å². The second-order valence-electron chi connectivity index (χ2n) is 8.12. The maximum absolute atomic E-state index is 12.8. The molecule has 0 aliphatic rings. The molecule has 35 heavy (non-hydrogen) atoms. The van der Waals surface area contributed by atoms with E-state index in [1.165, 1.54) is 11.3 Å². The van der Waals surface area contributed by atoms with Crippen molar-refractivity contribution in [3.05, 3.63) is 125 Å². The number of aromatic nitrogens is 1. The molecule has 4 aromatic carbocycles. The number of aryl methyl sites for hydroxylation is 1. The molecule has 0 atom stereocenters. The van der Waals surface area contributed by atoms with Crippen LogP contribution in [0, 0.1) is 6.92 Å². The van der Waals surface area contributed by atoms with Crippen molar-refractivity contribution >= 4 is 17.2 Å². The molecule has 1 heterocycles. The van der Waals surface area contributed by atoms with Gasteiger partial charge in [0.25, 0.3) is 5.91 Å². The van der Waals surface area contributed by atoms with Crippen molar-refractivity contribution in [2.75, 3.05) is 0 Å². The minimum atomic E-state index is -0.0970. The first-order valence-electron chi connectivity index (χ1n) is 11.4. The molecule has 1 amide bonds. The zero-order chi connectivity index (χ0) is 24.0. The van der Waals surface area contributed by atoms with Gasteiger partial charge in [0.1, 0.15) is 21.4 Å². The number of benzene rings is 4. The average Bonchev–Trinajstić information content (AvgIpc) is 3.31. The van der Waals surface area contributed by atoms with Gasteiger partial charge in [-0.2, -0.15) is 0 Å². The zero-order valence-corrected chi connectivity index (χ0v) is 20.1. The van der Waals surface area contributed by atoms with Crippen LogP contribution in [0.1, 0.15) is 20.9 Å². The summed E-state index contributed by atoms with van der Waals surface area (Å²) in [4.78, 5) is 18.0. The Morgan fingerprint density at radius 2 is 1.31 bits per heavy atom. The molecule has 0 unspecified atom stereocenters. The van der Waals surface area contributed by atoms with Gasteiger partial charge in [-0.05, 0) is 47.9 Å². The van der Waals surface area contributed by atoms with E-state index in [2.05, 4.69) is 22.4 Å². The number of ether oxygens (including phenoxy) is 1. The number of para-hydroxylation sites is 1. The van der Waals surface area contributed by atoms with E-state index in [0.29, 0.717) is 11.4 Å². The number of nitrogens with zero attached hydrogens (tertiary/aromatic N) is 1. The van der Waals surface area contributed by atoms with Crippen LogP contribution in [-0.4, -0.2) is 10.9 Å². The van der Waals surface area contributed by atoms with Crippen LogP contribution < -0.4 is 10.1 Å². The molecule has 0 radical (unpaired) electrons. The van der Waals surface area contributed by atoms with Gasteiger partial charge in [0.2, 0.25) is 0 Å². The largest absolute Gasteiger partial charge is 0.457 e. The van der Waals surface area contributed by atoms with Crippen molar-refractivity contribution in [2.24, 2.45) is 0 Å². The van der Waals surface area contributed by atoms with E-state index in [4.69, 9.17) is 4.74 Å². The molecule has 0 aliphatic heterocycles. The van der Waals surface area contributed by atoms with Gasteiger partial charge < -0.3 is 10.1 Å². The SMILES string of the molecule is Cc1nc(-c2ccccc2)sc1C(=O)NCc1ccc(-c2ccc(Oc3ccccc3)cc2)cc1. The first-order valence-corrected chi connectivity index (χ1v) is 12.2. The van der Waals surface area contributed by atoms with Crippen LogP contribution in [0.4, 0.5) is 0 Å². The summed E-state index contributed by atoms with van der Waals surface area (Å²) in [6.45, 7) is 2.34. The van der Waals surface area contributed by atoms with Gasteiger partial charge in [-0.15, -0.1) is 11.3 Å². The Morgan fingerprint density at radius 1 is 0.743 bits per heavy atom. The lowest BCUT2D eigenvalue weighted by Gasteiger charge is -2.08. The first kappa shape index (κ1) is 22.6. The molecule has 5 aromatic rings.